The number of halogens is 1. The minimum Gasteiger partial charge on any atom is -0.378 e. The van der Waals surface area contributed by atoms with Crippen molar-refractivity contribution in [2.45, 2.75) is 0 Å². The van der Waals surface area contributed by atoms with Crippen LogP contribution in [0.1, 0.15) is 26.3 Å². The summed E-state index contributed by atoms with van der Waals surface area (Å²) in [4.78, 5) is 27.9. The highest BCUT2D eigenvalue weighted by Gasteiger charge is 2.18. The second kappa shape index (κ2) is 8.88. The fourth-order valence-corrected chi connectivity index (χ4v) is 3.41. The van der Waals surface area contributed by atoms with Crippen LogP contribution in [0.2, 0.25) is 0 Å². The van der Waals surface area contributed by atoms with Crippen molar-refractivity contribution >= 4 is 23.1 Å². The molecule has 1 saturated heterocycles. The molecule has 0 radical (unpaired) electrons. The number of anilines is 2. The van der Waals surface area contributed by atoms with Gasteiger partial charge >= 0.3 is 0 Å². The van der Waals surface area contributed by atoms with Crippen molar-refractivity contribution < 1.29 is 18.7 Å². The quantitative estimate of drug-likeness (QED) is 0.649. The average molecular weight is 404 g/mol. The molecule has 3 aromatic rings. The molecule has 1 aliphatic rings. The van der Waals surface area contributed by atoms with Crippen molar-refractivity contribution in [3.8, 4) is 0 Å². The Kier molecular flexibility index (Phi) is 5.86. The fourth-order valence-electron chi connectivity index (χ4n) is 3.41. The number of nitrogens with zero attached hydrogens (tertiary/aromatic N) is 1. The van der Waals surface area contributed by atoms with Crippen molar-refractivity contribution in [1.82, 2.24) is 0 Å². The number of nitrogens with one attached hydrogen (secondary N) is 1. The summed E-state index contributed by atoms with van der Waals surface area (Å²) in [5.41, 5.74) is 2.58. The molecule has 152 valence electrons. The van der Waals surface area contributed by atoms with E-state index in [9.17, 15) is 14.0 Å². The molecule has 3 aromatic carbocycles. The molecule has 1 aliphatic heterocycles. The van der Waals surface area contributed by atoms with E-state index in [1.165, 1.54) is 24.3 Å². The van der Waals surface area contributed by atoms with Crippen LogP contribution in [0.25, 0.3) is 0 Å². The minimum atomic E-state index is -0.418. The molecule has 1 amide bonds. The lowest BCUT2D eigenvalue weighted by molar-refractivity contribution is 0.0996. The number of hydrogen-bond donors (Lipinski definition) is 1. The van der Waals surface area contributed by atoms with Crippen molar-refractivity contribution in [3.05, 3.63) is 95.3 Å². The van der Waals surface area contributed by atoms with Gasteiger partial charge in [-0.1, -0.05) is 18.2 Å². The standard InChI is InChI=1S/C24H21FN2O3/c25-18-7-5-17(6-8-18)23(28)21-3-1-2-4-22(21)24(29)26-19-9-11-20(12-10-19)27-13-15-30-16-14-27/h1-12H,13-16H2,(H,26,29). The average Bonchev–Trinajstić information content (AvgIpc) is 2.80. The van der Waals surface area contributed by atoms with Gasteiger partial charge in [0.05, 0.1) is 18.8 Å². The van der Waals surface area contributed by atoms with Gasteiger partial charge in [0.2, 0.25) is 0 Å². The van der Waals surface area contributed by atoms with Crippen LogP contribution in [-0.2, 0) is 4.74 Å². The lowest BCUT2D eigenvalue weighted by Gasteiger charge is -2.28. The van der Waals surface area contributed by atoms with Crippen LogP contribution in [0.3, 0.4) is 0 Å². The molecule has 1 heterocycles. The first-order valence-corrected chi connectivity index (χ1v) is 9.75. The zero-order valence-electron chi connectivity index (χ0n) is 16.3. The van der Waals surface area contributed by atoms with Gasteiger partial charge in [-0.2, -0.15) is 0 Å². The summed E-state index contributed by atoms with van der Waals surface area (Å²) in [6.07, 6.45) is 0. The van der Waals surface area contributed by atoms with Crippen LogP contribution in [0.15, 0.2) is 72.8 Å². The molecule has 1 N–H and O–H groups in total. The molecule has 0 saturated carbocycles. The highest BCUT2D eigenvalue weighted by molar-refractivity contribution is 6.17. The predicted octanol–water partition coefficient (Wildman–Crippen LogP) is 4.15. The third-order valence-corrected chi connectivity index (χ3v) is 5.02. The van der Waals surface area contributed by atoms with Gasteiger partial charge in [-0.25, -0.2) is 4.39 Å². The largest absolute Gasteiger partial charge is 0.378 e. The first-order valence-electron chi connectivity index (χ1n) is 9.75. The van der Waals surface area contributed by atoms with E-state index in [0.717, 1.165) is 18.8 Å². The van der Waals surface area contributed by atoms with Gasteiger partial charge in [0.1, 0.15) is 5.82 Å². The number of carbonyl (C=O) groups excluding carboxylic acids is 2. The van der Waals surface area contributed by atoms with Gasteiger partial charge in [0, 0.05) is 35.6 Å². The lowest BCUT2D eigenvalue weighted by Crippen LogP contribution is -2.36. The van der Waals surface area contributed by atoms with Crippen LogP contribution in [0.4, 0.5) is 15.8 Å². The van der Waals surface area contributed by atoms with Crippen molar-refractivity contribution in [3.63, 3.8) is 0 Å². The number of rotatable bonds is 5. The van der Waals surface area contributed by atoms with Gasteiger partial charge in [-0.05, 0) is 54.6 Å². The Hall–Kier alpha value is -3.51. The fraction of sp³-hybridized carbons (Fsp3) is 0.167. The van der Waals surface area contributed by atoms with E-state index in [4.69, 9.17) is 4.74 Å². The van der Waals surface area contributed by atoms with Gasteiger partial charge in [0.25, 0.3) is 5.91 Å². The Morgan fingerprint density at radius 3 is 2.13 bits per heavy atom. The Morgan fingerprint density at radius 2 is 1.47 bits per heavy atom. The molecule has 1 fully saturated rings. The lowest BCUT2D eigenvalue weighted by atomic mass is 9.98. The number of amides is 1. The predicted molar refractivity (Wildman–Crippen MR) is 114 cm³/mol. The molecule has 0 spiro atoms. The molecule has 0 aromatic heterocycles. The van der Waals surface area contributed by atoms with Crippen LogP contribution < -0.4 is 10.2 Å². The van der Waals surface area contributed by atoms with Crippen molar-refractivity contribution in [1.29, 1.82) is 0 Å². The maximum Gasteiger partial charge on any atom is 0.256 e. The molecule has 0 unspecified atom stereocenters. The zero-order valence-corrected chi connectivity index (χ0v) is 16.3. The molecule has 30 heavy (non-hydrogen) atoms. The molecule has 0 bridgehead atoms. The second-order valence-corrected chi connectivity index (χ2v) is 6.98. The Bertz CT molecular complexity index is 1040. The number of ether oxygens (including phenoxy) is 1. The maximum absolute atomic E-state index is 13.2. The second-order valence-electron chi connectivity index (χ2n) is 6.98. The monoisotopic (exact) mass is 404 g/mol. The number of hydrogen-bond acceptors (Lipinski definition) is 4. The Labute approximate surface area is 174 Å². The summed E-state index contributed by atoms with van der Waals surface area (Å²) in [7, 11) is 0. The molecule has 6 heteroatoms. The van der Waals surface area contributed by atoms with Crippen LogP contribution in [0, 0.1) is 5.82 Å². The van der Waals surface area contributed by atoms with Gasteiger partial charge in [0.15, 0.2) is 5.78 Å². The summed E-state index contributed by atoms with van der Waals surface area (Å²) in [6, 6.07) is 19.5. The van der Waals surface area contributed by atoms with E-state index in [2.05, 4.69) is 10.2 Å². The van der Waals surface area contributed by atoms with Crippen molar-refractivity contribution in [2.24, 2.45) is 0 Å². The molecule has 5 nitrogen and oxygen atoms in total. The summed E-state index contributed by atoms with van der Waals surface area (Å²) in [5.74, 6) is -1.12. The number of ketones is 1. The first-order chi connectivity index (χ1) is 14.6. The van der Waals surface area contributed by atoms with E-state index >= 15 is 0 Å². The van der Waals surface area contributed by atoms with E-state index < -0.39 is 5.82 Å². The number of carbonyl (C=O) groups is 2. The van der Waals surface area contributed by atoms with Gasteiger partial charge in [-0.15, -0.1) is 0 Å². The summed E-state index contributed by atoms with van der Waals surface area (Å²) in [5, 5.41) is 2.85. The van der Waals surface area contributed by atoms with Crippen molar-refractivity contribution in [2.75, 3.05) is 36.5 Å². The van der Waals surface area contributed by atoms with Crippen LogP contribution >= 0.6 is 0 Å². The normalized spacial score (nSPS) is 13.7. The number of benzene rings is 3. The summed E-state index contributed by atoms with van der Waals surface area (Å²) >= 11 is 0. The number of morpholine rings is 1. The van der Waals surface area contributed by atoms with E-state index in [1.54, 1.807) is 24.3 Å². The smallest absolute Gasteiger partial charge is 0.256 e. The molecular formula is C24H21FN2O3. The summed E-state index contributed by atoms with van der Waals surface area (Å²) < 4.78 is 18.5. The third-order valence-electron chi connectivity index (χ3n) is 5.02. The van der Waals surface area contributed by atoms with E-state index in [0.29, 0.717) is 24.5 Å². The van der Waals surface area contributed by atoms with Gasteiger partial charge in [-0.3, -0.25) is 9.59 Å². The van der Waals surface area contributed by atoms with E-state index in [1.807, 2.05) is 24.3 Å². The zero-order chi connectivity index (χ0) is 20.9. The SMILES string of the molecule is O=C(Nc1ccc(N2CCOCC2)cc1)c1ccccc1C(=O)c1ccc(F)cc1. The third kappa shape index (κ3) is 4.39. The Morgan fingerprint density at radius 1 is 0.833 bits per heavy atom. The Balaban J connectivity index is 1.51. The molecule has 0 aliphatic carbocycles. The minimum absolute atomic E-state index is 0.268. The van der Waals surface area contributed by atoms with Crippen LogP contribution in [0.5, 0.6) is 0 Å². The highest BCUT2D eigenvalue weighted by atomic mass is 19.1. The summed E-state index contributed by atoms with van der Waals surface area (Å²) in [6.45, 7) is 3.09. The maximum atomic E-state index is 13.2. The molecule has 0 atom stereocenters. The first kappa shape index (κ1) is 19.8. The van der Waals surface area contributed by atoms with Crippen LogP contribution in [-0.4, -0.2) is 38.0 Å². The highest BCUT2D eigenvalue weighted by Crippen LogP contribution is 2.21. The topological polar surface area (TPSA) is 58.6 Å². The van der Waals surface area contributed by atoms with Gasteiger partial charge < -0.3 is 15.0 Å². The van der Waals surface area contributed by atoms with E-state index in [-0.39, 0.29) is 22.8 Å². The molecular weight excluding hydrogens is 383 g/mol. The molecule has 4 rings (SSSR count).